The fourth-order valence-corrected chi connectivity index (χ4v) is 4.32. The van der Waals surface area contributed by atoms with Crippen LogP contribution in [0.4, 0.5) is 0 Å². The van der Waals surface area contributed by atoms with Gasteiger partial charge < -0.3 is 29.7 Å². The van der Waals surface area contributed by atoms with E-state index in [4.69, 9.17) is 9.39 Å². The normalized spacial score (nSPS) is 28.7. The minimum Gasteiger partial charge on any atom is -0.535 e. The van der Waals surface area contributed by atoms with Crippen LogP contribution in [0.25, 0.3) is 0 Å². The first-order chi connectivity index (χ1) is 13.0. The number of nitrogens with zero attached hydrogens (tertiary/aromatic N) is 1. The second-order valence-corrected chi connectivity index (χ2v) is 7.88. The highest BCUT2D eigenvalue weighted by Crippen LogP contribution is 2.41. The van der Waals surface area contributed by atoms with Crippen LogP contribution >= 0.6 is 0 Å². The van der Waals surface area contributed by atoms with Gasteiger partial charge in [0.15, 0.2) is 0 Å². The smallest absolute Gasteiger partial charge is 0.522 e. The molecule has 0 aromatic heterocycles. The third-order valence-electron chi connectivity index (χ3n) is 5.96. The molecule has 3 fully saturated rings. The fraction of sp³-hybridized carbons (Fsp3) is 0.556. The molecule has 1 saturated carbocycles. The first-order valence-electron chi connectivity index (χ1n) is 9.45. The highest BCUT2D eigenvalue weighted by atomic mass is 16.5. The van der Waals surface area contributed by atoms with Crippen LogP contribution in [-0.2, 0) is 11.2 Å². The molecule has 1 aliphatic carbocycles. The Morgan fingerprint density at radius 2 is 2.11 bits per heavy atom. The van der Waals surface area contributed by atoms with E-state index in [1.54, 1.807) is 17.0 Å². The van der Waals surface area contributed by atoms with Crippen LogP contribution in [0.15, 0.2) is 12.1 Å². The Kier molecular flexibility index (Phi) is 3.84. The maximum Gasteiger partial charge on any atom is 0.522 e. The number of rotatable bonds is 4. The van der Waals surface area contributed by atoms with Crippen molar-refractivity contribution in [2.75, 3.05) is 13.1 Å². The van der Waals surface area contributed by atoms with E-state index in [1.807, 2.05) is 0 Å². The Balaban J connectivity index is 1.26. The number of nitrogens with one attached hydrogen (secondary N) is 1. The maximum atomic E-state index is 12.5. The average molecular weight is 372 g/mol. The molecule has 0 radical (unpaired) electrons. The predicted molar refractivity (Wildman–Crippen MR) is 94.9 cm³/mol. The van der Waals surface area contributed by atoms with Crippen molar-refractivity contribution in [1.29, 1.82) is 0 Å². The molecule has 3 heterocycles. The number of carbonyl (C=O) groups excluding carboxylic acids is 1. The summed E-state index contributed by atoms with van der Waals surface area (Å²) in [6.07, 6.45) is 2.85. The summed E-state index contributed by atoms with van der Waals surface area (Å²) in [7, 11) is -1.01. The molecule has 4 aliphatic rings. The third-order valence-corrected chi connectivity index (χ3v) is 5.96. The Hall–Kier alpha value is -2.26. The molecular formula is C18H21BN2O6. The van der Waals surface area contributed by atoms with E-state index in [0.717, 1.165) is 12.0 Å². The molecule has 5 rings (SSSR count). The van der Waals surface area contributed by atoms with E-state index in [2.05, 4.69) is 5.32 Å². The summed E-state index contributed by atoms with van der Waals surface area (Å²) < 4.78 is 11.2. The number of piperidine rings is 1. The number of aromatic carboxylic acids is 1. The van der Waals surface area contributed by atoms with Gasteiger partial charge in [0.2, 0.25) is 5.91 Å². The quantitative estimate of drug-likeness (QED) is 0.646. The lowest BCUT2D eigenvalue weighted by atomic mass is 9.78. The highest BCUT2D eigenvalue weighted by molar-refractivity contribution is 6.44. The van der Waals surface area contributed by atoms with Crippen molar-refractivity contribution >= 4 is 19.0 Å². The summed E-state index contributed by atoms with van der Waals surface area (Å²) >= 11 is 0. The molecule has 1 amide bonds. The molecule has 8 nitrogen and oxygen atoms in total. The second kappa shape index (κ2) is 6.14. The fourth-order valence-electron chi connectivity index (χ4n) is 4.32. The Morgan fingerprint density at radius 1 is 1.30 bits per heavy atom. The van der Waals surface area contributed by atoms with Crippen molar-refractivity contribution in [3.05, 3.63) is 23.3 Å². The molecule has 142 valence electrons. The van der Waals surface area contributed by atoms with Crippen LogP contribution in [0.2, 0.25) is 6.32 Å². The zero-order chi connectivity index (χ0) is 18.7. The molecule has 0 unspecified atom stereocenters. The summed E-state index contributed by atoms with van der Waals surface area (Å²) in [6.45, 7) is 0.901. The van der Waals surface area contributed by atoms with Crippen molar-refractivity contribution in [3.63, 3.8) is 0 Å². The summed E-state index contributed by atoms with van der Waals surface area (Å²) in [5.74, 6) is 0.0132. The third kappa shape index (κ3) is 2.94. The molecule has 1 aromatic rings. The Morgan fingerprint density at radius 3 is 2.81 bits per heavy atom. The van der Waals surface area contributed by atoms with Crippen LogP contribution in [0, 0.1) is 5.92 Å². The van der Waals surface area contributed by atoms with Crippen molar-refractivity contribution in [1.82, 2.24) is 10.2 Å². The standard InChI is InChI=1S/C18H21BN2O6/c22-17(13-6-10-5-12(10)20-13)21-7-11(8-21)26-14-2-1-9-3-4-19(25)27-16(9)15(14)18(23)24/h1-2,10-13,20,25H,3-8H2,(H,23,24)/t10-,12-,13-/m0/s1. The first-order valence-corrected chi connectivity index (χ1v) is 9.45. The lowest BCUT2D eigenvalue weighted by molar-refractivity contribution is -0.142. The molecule has 3 N–H and O–H groups in total. The molecular weight excluding hydrogens is 351 g/mol. The van der Waals surface area contributed by atoms with E-state index in [0.29, 0.717) is 37.8 Å². The van der Waals surface area contributed by atoms with Crippen LogP contribution in [-0.4, -0.2) is 65.3 Å². The van der Waals surface area contributed by atoms with Crippen molar-refractivity contribution < 1.29 is 29.1 Å². The van der Waals surface area contributed by atoms with Gasteiger partial charge in [-0.05, 0) is 43.1 Å². The molecule has 0 spiro atoms. The van der Waals surface area contributed by atoms with E-state index in [-0.39, 0.29) is 35.1 Å². The van der Waals surface area contributed by atoms with Gasteiger partial charge in [-0.3, -0.25) is 4.79 Å². The highest BCUT2D eigenvalue weighted by Gasteiger charge is 2.50. The van der Waals surface area contributed by atoms with Crippen LogP contribution in [0.5, 0.6) is 11.5 Å². The topological polar surface area (TPSA) is 108 Å². The van der Waals surface area contributed by atoms with Gasteiger partial charge in [0.05, 0.1) is 19.1 Å². The van der Waals surface area contributed by atoms with Crippen LogP contribution in [0.1, 0.15) is 28.8 Å². The molecule has 0 bridgehead atoms. The van der Waals surface area contributed by atoms with E-state index < -0.39 is 13.1 Å². The summed E-state index contributed by atoms with van der Waals surface area (Å²) in [5, 5.41) is 22.7. The minimum absolute atomic E-state index is 0.0615. The van der Waals surface area contributed by atoms with Gasteiger partial charge in [0.1, 0.15) is 23.2 Å². The molecule has 1 aromatic carbocycles. The zero-order valence-electron chi connectivity index (χ0n) is 14.8. The largest absolute Gasteiger partial charge is 0.535 e. The Bertz CT molecular complexity index is 801. The van der Waals surface area contributed by atoms with Gasteiger partial charge in [-0.25, -0.2) is 4.79 Å². The van der Waals surface area contributed by atoms with Gasteiger partial charge in [0, 0.05) is 6.04 Å². The molecule has 9 heteroatoms. The zero-order valence-corrected chi connectivity index (χ0v) is 14.8. The molecule has 27 heavy (non-hydrogen) atoms. The SMILES string of the molecule is O=C(O)c1c(OC2CN(C(=O)[C@@H]3C[C@@H]4C[C@@H]4N3)C2)ccc2c1OB(O)CC2. The number of hydrogen-bond donors (Lipinski definition) is 3. The van der Waals surface area contributed by atoms with Gasteiger partial charge in [0.25, 0.3) is 0 Å². The molecule has 2 saturated heterocycles. The molecule has 3 aliphatic heterocycles. The number of ether oxygens (including phenoxy) is 1. The number of amides is 1. The number of hydrogen-bond acceptors (Lipinski definition) is 6. The molecule has 3 atom stereocenters. The summed E-state index contributed by atoms with van der Waals surface area (Å²) in [6, 6.07) is 3.86. The van der Waals surface area contributed by atoms with Crippen LogP contribution < -0.4 is 14.7 Å². The predicted octanol–water partition coefficient (Wildman–Crippen LogP) is 0.140. The van der Waals surface area contributed by atoms with Gasteiger partial charge in [-0.1, -0.05) is 6.07 Å². The minimum atomic E-state index is -1.16. The van der Waals surface area contributed by atoms with Crippen molar-refractivity contribution in [2.24, 2.45) is 5.92 Å². The number of carboxylic acids is 1. The number of benzene rings is 1. The monoisotopic (exact) mass is 372 g/mol. The van der Waals surface area contributed by atoms with Crippen molar-refractivity contribution in [2.45, 2.75) is 43.8 Å². The van der Waals surface area contributed by atoms with Crippen molar-refractivity contribution in [3.8, 4) is 11.5 Å². The lowest BCUT2D eigenvalue weighted by Crippen LogP contribution is -2.60. The lowest BCUT2D eigenvalue weighted by Gasteiger charge is -2.40. The number of aryl methyl sites for hydroxylation is 1. The van der Waals surface area contributed by atoms with Gasteiger partial charge >= 0.3 is 13.1 Å². The first kappa shape index (κ1) is 16.9. The second-order valence-electron chi connectivity index (χ2n) is 7.88. The van der Waals surface area contributed by atoms with E-state index in [1.165, 1.54) is 6.42 Å². The number of likely N-dealkylation sites (tertiary alicyclic amines) is 1. The van der Waals surface area contributed by atoms with Gasteiger partial charge in [-0.2, -0.15) is 0 Å². The summed E-state index contributed by atoms with van der Waals surface area (Å²) in [5.41, 5.74) is 0.690. The summed E-state index contributed by atoms with van der Waals surface area (Å²) in [4.78, 5) is 26.0. The average Bonchev–Trinajstić information content (AvgIpc) is 3.21. The number of carboxylic acid groups (broad SMARTS) is 1. The van der Waals surface area contributed by atoms with E-state index >= 15 is 0 Å². The van der Waals surface area contributed by atoms with E-state index in [9.17, 15) is 19.7 Å². The number of carbonyl (C=O) groups is 2. The number of fused-ring (bicyclic) bond motifs is 2. The maximum absolute atomic E-state index is 12.5. The van der Waals surface area contributed by atoms with Gasteiger partial charge in [-0.15, -0.1) is 0 Å². The Labute approximate surface area is 156 Å². The van der Waals surface area contributed by atoms with Crippen LogP contribution in [0.3, 0.4) is 0 Å².